The largest absolute Gasteiger partial charge is 0.506 e. The van der Waals surface area contributed by atoms with E-state index < -0.39 is 0 Å². The van der Waals surface area contributed by atoms with Crippen molar-refractivity contribution in [3.8, 4) is 17.1 Å². The van der Waals surface area contributed by atoms with Crippen LogP contribution in [0.15, 0.2) is 53.1 Å². The number of nitrogens with zero attached hydrogens (tertiary/aromatic N) is 2. The minimum Gasteiger partial charge on any atom is -0.506 e. The lowest BCUT2D eigenvalue weighted by atomic mass is 10.2. The summed E-state index contributed by atoms with van der Waals surface area (Å²) in [5.74, 6) is 0.723. The molecule has 0 atom stereocenters. The number of aromatic nitrogens is 2. The van der Waals surface area contributed by atoms with Crippen LogP contribution in [0.3, 0.4) is 0 Å². The first kappa shape index (κ1) is 15.7. The van der Waals surface area contributed by atoms with Gasteiger partial charge in [0.15, 0.2) is 0 Å². The molecule has 122 valence electrons. The Morgan fingerprint density at radius 3 is 2.75 bits per heavy atom. The molecular weight excluding hydrogens is 306 g/mol. The van der Waals surface area contributed by atoms with Gasteiger partial charge in [0.2, 0.25) is 17.6 Å². The van der Waals surface area contributed by atoms with Crippen LogP contribution in [0.5, 0.6) is 5.75 Å². The molecule has 0 aliphatic heterocycles. The quantitative estimate of drug-likeness (QED) is 0.703. The molecule has 2 N–H and O–H groups in total. The maximum atomic E-state index is 12.0. The van der Waals surface area contributed by atoms with Gasteiger partial charge in [-0.1, -0.05) is 41.6 Å². The van der Waals surface area contributed by atoms with E-state index in [2.05, 4.69) is 15.5 Å². The molecule has 1 aromatic heterocycles. The molecule has 0 saturated heterocycles. The summed E-state index contributed by atoms with van der Waals surface area (Å²) in [6, 6.07) is 14.6. The molecule has 1 heterocycles. The highest BCUT2D eigenvalue weighted by Gasteiger charge is 2.11. The zero-order valence-corrected chi connectivity index (χ0v) is 13.2. The first-order valence-electron chi connectivity index (χ1n) is 7.59. The van der Waals surface area contributed by atoms with Crippen molar-refractivity contribution >= 4 is 11.6 Å². The predicted molar refractivity (Wildman–Crippen MR) is 89.5 cm³/mol. The number of benzene rings is 2. The number of aryl methyl sites for hydroxylation is 2. The summed E-state index contributed by atoms with van der Waals surface area (Å²) in [4.78, 5) is 16.3. The molecule has 2 aromatic carbocycles. The first-order chi connectivity index (χ1) is 11.6. The minimum absolute atomic E-state index is 0.0486. The summed E-state index contributed by atoms with van der Waals surface area (Å²) in [7, 11) is 0. The molecule has 1 amide bonds. The van der Waals surface area contributed by atoms with Gasteiger partial charge in [-0.15, -0.1) is 0 Å². The third-order valence-corrected chi connectivity index (χ3v) is 3.49. The number of nitrogens with one attached hydrogen (secondary N) is 1. The number of aromatic hydroxyl groups is 1. The second-order valence-electron chi connectivity index (χ2n) is 5.45. The van der Waals surface area contributed by atoms with Crippen LogP contribution in [-0.2, 0) is 11.2 Å². The van der Waals surface area contributed by atoms with Crippen molar-refractivity contribution in [1.29, 1.82) is 0 Å². The van der Waals surface area contributed by atoms with Gasteiger partial charge in [-0.3, -0.25) is 4.79 Å². The van der Waals surface area contributed by atoms with Gasteiger partial charge in [-0.2, -0.15) is 4.98 Å². The summed E-state index contributed by atoms with van der Waals surface area (Å²) >= 11 is 0. The lowest BCUT2D eigenvalue weighted by molar-refractivity contribution is -0.116. The fourth-order valence-corrected chi connectivity index (χ4v) is 2.24. The fraction of sp³-hybridized carbons (Fsp3) is 0.167. The van der Waals surface area contributed by atoms with Gasteiger partial charge in [-0.25, -0.2) is 0 Å². The molecule has 24 heavy (non-hydrogen) atoms. The topological polar surface area (TPSA) is 88.3 Å². The van der Waals surface area contributed by atoms with Crippen molar-refractivity contribution in [2.24, 2.45) is 0 Å². The van der Waals surface area contributed by atoms with E-state index in [0.29, 0.717) is 23.8 Å². The van der Waals surface area contributed by atoms with Gasteiger partial charge in [0.1, 0.15) is 5.75 Å². The van der Waals surface area contributed by atoms with Gasteiger partial charge >= 0.3 is 0 Å². The lowest BCUT2D eigenvalue weighted by Crippen LogP contribution is -2.12. The Morgan fingerprint density at radius 1 is 1.21 bits per heavy atom. The normalized spacial score (nSPS) is 10.5. The molecule has 3 aromatic rings. The second kappa shape index (κ2) is 6.95. The Bertz CT molecular complexity index is 844. The van der Waals surface area contributed by atoms with Crippen LogP contribution in [0.2, 0.25) is 0 Å². The highest BCUT2D eigenvalue weighted by Crippen LogP contribution is 2.24. The molecule has 0 radical (unpaired) electrons. The van der Waals surface area contributed by atoms with E-state index in [0.717, 1.165) is 11.1 Å². The van der Waals surface area contributed by atoms with Crippen molar-refractivity contribution in [1.82, 2.24) is 10.1 Å². The van der Waals surface area contributed by atoms with Crippen LogP contribution in [0, 0.1) is 6.92 Å². The summed E-state index contributed by atoms with van der Waals surface area (Å²) in [6.07, 6.45) is 0.516. The number of phenols is 1. The molecule has 6 nitrogen and oxygen atoms in total. The predicted octanol–water partition coefficient (Wildman–Crippen LogP) is 3.32. The molecule has 6 heteroatoms. The van der Waals surface area contributed by atoms with E-state index in [-0.39, 0.29) is 18.1 Å². The molecule has 0 spiro atoms. The molecule has 0 fully saturated rings. The van der Waals surface area contributed by atoms with Crippen molar-refractivity contribution in [2.45, 2.75) is 19.8 Å². The Balaban J connectivity index is 1.58. The zero-order chi connectivity index (χ0) is 16.9. The number of rotatable bonds is 5. The average Bonchev–Trinajstić information content (AvgIpc) is 3.05. The van der Waals surface area contributed by atoms with Gasteiger partial charge in [0, 0.05) is 18.4 Å². The van der Waals surface area contributed by atoms with Gasteiger partial charge in [-0.05, 0) is 24.6 Å². The van der Waals surface area contributed by atoms with Crippen LogP contribution in [0.25, 0.3) is 11.4 Å². The Labute approximate surface area is 139 Å². The Kier molecular flexibility index (Phi) is 4.56. The zero-order valence-electron chi connectivity index (χ0n) is 13.2. The number of hydrogen-bond acceptors (Lipinski definition) is 5. The van der Waals surface area contributed by atoms with Crippen LogP contribution >= 0.6 is 0 Å². The molecule has 0 unspecified atom stereocenters. The highest BCUT2D eigenvalue weighted by atomic mass is 16.5. The SMILES string of the molecule is Cc1ccc(NC(=O)CCc2nc(-c3ccccc3)no2)c(O)c1. The Hall–Kier alpha value is -3.15. The number of amides is 1. The van der Waals surface area contributed by atoms with E-state index in [1.54, 1.807) is 12.1 Å². The van der Waals surface area contributed by atoms with Gasteiger partial charge in [0.05, 0.1) is 5.69 Å². The average molecular weight is 323 g/mol. The Morgan fingerprint density at radius 2 is 2.00 bits per heavy atom. The van der Waals surface area contributed by atoms with Crippen LogP contribution in [0.1, 0.15) is 17.9 Å². The number of carbonyl (C=O) groups excluding carboxylic acids is 1. The molecule has 0 saturated carbocycles. The monoisotopic (exact) mass is 323 g/mol. The van der Waals surface area contributed by atoms with Crippen molar-refractivity contribution in [3.05, 3.63) is 60.0 Å². The van der Waals surface area contributed by atoms with Gasteiger partial charge < -0.3 is 14.9 Å². The number of carbonyl (C=O) groups is 1. The standard InChI is InChI=1S/C18H17N3O3/c1-12-7-8-14(15(22)11-12)19-16(23)9-10-17-20-18(21-24-17)13-5-3-2-4-6-13/h2-8,11,22H,9-10H2,1H3,(H,19,23). The van der Waals surface area contributed by atoms with Crippen molar-refractivity contribution in [2.75, 3.05) is 5.32 Å². The molecule has 0 bridgehead atoms. The van der Waals surface area contributed by atoms with E-state index in [1.807, 2.05) is 43.3 Å². The number of anilines is 1. The van der Waals surface area contributed by atoms with E-state index in [9.17, 15) is 9.90 Å². The molecule has 0 aliphatic rings. The van der Waals surface area contributed by atoms with E-state index in [4.69, 9.17) is 4.52 Å². The molecular formula is C18H17N3O3. The summed E-state index contributed by atoms with van der Waals surface area (Å²) < 4.78 is 5.17. The molecule has 3 rings (SSSR count). The van der Waals surface area contributed by atoms with Gasteiger partial charge in [0.25, 0.3) is 0 Å². The van der Waals surface area contributed by atoms with Crippen LogP contribution < -0.4 is 5.32 Å². The van der Waals surface area contributed by atoms with Crippen LogP contribution in [-0.4, -0.2) is 21.2 Å². The number of phenolic OH excluding ortho intramolecular Hbond substituents is 1. The van der Waals surface area contributed by atoms with Crippen LogP contribution in [0.4, 0.5) is 5.69 Å². The molecule has 0 aliphatic carbocycles. The third-order valence-electron chi connectivity index (χ3n) is 3.49. The third kappa shape index (κ3) is 3.78. The first-order valence-corrected chi connectivity index (χ1v) is 7.59. The maximum Gasteiger partial charge on any atom is 0.227 e. The smallest absolute Gasteiger partial charge is 0.227 e. The second-order valence-corrected chi connectivity index (χ2v) is 5.45. The maximum absolute atomic E-state index is 12.0. The highest BCUT2D eigenvalue weighted by molar-refractivity contribution is 5.92. The summed E-state index contributed by atoms with van der Waals surface area (Å²) in [5.41, 5.74) is 2.17. The summed E-state index contributed by atoms with van der Waals surface area (Å²) in [5, 5.41) is 16.4. The number of hydrogen-bond donors (Lipinski definition) is 2. The minimum atomic E-state index is -0.228. The summed E-state index contributed by atoms with van der Waals surface area (Å²) in [6.45, 7) is 1.87. The van der Waals surface area contributed by atoms with Crippen molar-refractivity contribution < 1.29 is 14.4 Å². The van der Waals surface area contributed by atoms with Crippen molar-refractivity contribution in [3.63, 3.8) is 0 Å². The van der Waals surface area contributed by atoms with E-state index in [1.165, 1.54) is 0 Å². The lowest BCUT2D eigenvalue weighted by Gasteiger charge is -2.07. The fourth-order valence-electron chi connectivity index (χ4n) is 2.24. The van der Waals surface area contributed by atoms with E-state index >= 15 is 0 Å².